The van der Waals surface area contributed by atoms with Gasteiger partial charge in [-0.15, -0.1) is 0 Å². The second-order valence-electron chi connectivity index (χ2n) is 2.33. The zero-order valence-electron chi connectivity index (χ0n) is 6.52. The molecule has 1 aromatic rings. The predicted molar refractivity (Wildman–Crippen MR) is 39.6 cm³/mol. The number of aryl methyl sites for hydroxylation is 1. The van der Waals surface area contributed by atoms with Crippen LogP contribution in [0, 0.1) is 6.92 Å². The summed E-state index contributed by atoms with van der Waals surface area (Å²) in [6.07, 6.45) is 0. The number of aromatic nitrogens is 1. The van der Waals surface area contributed by atoms with Crippen molar-refractivity contribution in [3.63, 3.8) is 0 Å². The molecular formula is C7H9NO4. The third-order valence-electron chi connectivity index (χ3n) is 1.50. The minimum atomic E-state index is -0.186. The first-order valence-electron chi connectivity index (χ1n) is 3.30. The highest BCUT2D eigenvalue weighted by atomic mass is 16.5. The highest BCUT2D eigenvalue weighted by molar-refractivity contribution is 5.37. The average Bonchev–Trinajstić information content (AvgIpc) is 2.25. The van der Waals surface area contributed by atoms with Gasteiger partial charge in [-0.05, 0) is 6.92 Å². The molecule has 1 aromatic heterocycles. The van der Waals surface area contributed by atoms with Gasteiger partial charge in [-0.3, -0.25) is 4.79 Å². The number of nitrogens with zero attached hydrogens (tertiary/aromatic N) is 1. The molecule has 66 valence electrons. The number of hydrogen-bond donors (Lipinski definition) is 2. The van der Waals surface area contributed by atoms with Crippen LogP contribution in [-0.2, 0) is 16.3 Å². The smallest absolute Gasteiger partial charge is 0.294 e. The van der Waals surface area contributed by atoms with E-state index in [-0.39, 0.29) is 25.0 Å². The van der Waals surface area contributed by atoms with E-state index in [1.54, 1.807) is 6.92 Å². The van der Waals surface area contributed by atoms with Crippen molar-refractivity contribution in [2.75, 3.05) is 0 Å². The van der Waals surface area contributed by atoms with E-state index >= 15 is 0 Å². The quantitative estimate of drug-likeness (QED) is 0.643. The van der Waals surface area contributed by atoms with Crippen LogP contribution < -0.4 is 0 Å². The fourth-order valence-electron chi connectivity index (χ4n) is 0.890. The Bertz CT molecular complexity index is 292. The number of ether oxygens (including phenoxy) is 1. The minimum Gasteiger partial charge on any atom is -0.494 e. The van der Waals surface area contributed by atoms with Crippen molar-refractivity contribution in [2.45, 2.75) is 13.7 Å². The van der Waals surface area contributed by atoms with E-state index < -0.39 is 0 Å². The fraction of sp³-hybridized carbons (Fsp3) is 0.286. The van der Waals surface area contributed by atoms with Gasteiger partial charge in [-0.2, -0.15) is 0 Å². The van der Waals surface area contributed by atoms with E-state index in [1.807, 2.05) is 0 Å². The van der Waals surface area contributed by atoms with Crippen LogP contribution in [-0.4, -0.2) is 21.3 Å². The van der Waals surface area contributed by atoms with Crippen molar-refractivity contribution >= 4 is 6.47 Å². The Kier molecular flexibility index (Phi) is 2.23. The zero-order chi connectivity index (χ0) is 9.14. The first-order chi connectivity index (χ1) is 5.66. The van der Waals surface area contributed by atoms with Crippen LogP contribution in [0.4, 0.5) is 0 Å². The Morgan fingerprint density at radius 3 is 2.75 bits per heavy atom. The minimum absolute atomic E-state index is 0.102. The molecule has 0 radical (unpaired) electrons. The van der Waals surface area contributed by atoms with Crippen LogP contribution >= 0.6 is 0 Å². The summed E-state index contributed by atoms with van der Waals surface area (Å²) in [6.45, 7) is 1.69. The molecule has 1 rings (SSSR count). The van der Waals surface area contributed by atoms with Gasteiger partial charge in [0.1, 0.15) is 0 Å². The average molecular weight is 171 g/mol. The lowest BCUT2D eigenvalue weighted by atomic mass is 10.4. The van der Waals surface area contributed by atoms with Crippen molar-refractivity contribution in [3.8, 4) is 11.8 Å². The molecule has 0 spiro atoms. The lowest BCUT2D eigenvalue weighted by Gasteiger charge is -2.03. The molecule has 5 nitrogen and oxygen atoms in total. The maximum absolute atomic E-state index is 9.81. The maximum atomic E-state index is 9.81. The molecular weight excluding hydrogens is 162 g/mol. The molecule has 0 saturated heterocycles. The number of hydrogen-bond acceptors (Lipinski definition) is 4. The monoisotopic (exact) mass is 171 g/mol. The van der Waals surface area contributed by atoms with Gasteiger partial charge in [0.05, 0.1) is 0 Å². The van der Waals surface area contributed by atoms with Gasteiger partial charge in [-0.1, -0.05) is 0 Å². The van der Waals surface area contributed by atoms with Crippen molar-refractivity contribution in [1.82, 2.24) is 4.57 Å². The molecule has 12 heavy (non-hydrogen) atoms. The van der Waals surface area contributed by atoms with E-state index in [9.17, 15) is 9.90 Å². The molecule has 5 heteroatoms. The van der Waals surface area contributed by atoms with E-state index in [2.05, 4.69) is 4.74 Å². The van der Waals surface area contributed by atoms with E-state index in [0.717, 1.165) is 4.57 Å². The Morgan fingerprint density at radius 2 is 2.33 bits per heavy atom. The van der Waals surface area contributed by atoms with Crippen LogP contribution in [0.1, 0.15) is 5.56 Å². The highest BCUT2D eigenvalue weighted by Crippen LogP contribution is 2.25. The summed E-state index contributed by atoms with van der Waals surface area (Å²) in [7, 11) is 0. The van der Waals surface area contributed by atoms with Crippen molar-refractivity contribution < 1.29 is 19.7 Å². The van der Waals surface area contributed by atoms with Crippen LogP contribution in [0.25, 0.3) is 0 Å². The van der Waals surface area contributed by atoms with Gasteiger partial charge in [-0.25, -0.2) is 4.57 Å². The Labute approximate surface area is 68.8 Å². The van der Waals surface area contributed by atoms with Crippen LogP contribution in [0.15, 0.2) is 6.07 Å². The van der Waals surface area contributed by atoms with E-state index in [0.29, 0.717) is 5.56 Å². The molecule has 0 aliphatic heterocycles. The van der Waals surface area contributed by atoms with Crippen LogP contribution in [0.3, 0.4) is 0 Å². The van der Waals surface area contributed by atoms with Crippen LogP contribution in [0.2, 0.25) is 0 Å². The highest BCUT2D eigenvalue weighted by Gasteiger charge is 2.09. The molecule has 0 aromatic carbocycles. The zero-order valence-corrected chi connectivity index (χ0v) is 6.52. The summed E-state index contributed by atoms with van der Waals surface area (Å²) < 4.78 is 5.43. The Balaban J connectivity index is 2.89. The van der Waals surface area contributed by atoms with Gasteiger partial charge < -0.3 is 14.9 Å². The summed E-state index contributed by atoms with van der Waals surface area (Å²) in [5.41, 5.74) is 0.530. The van der Waals surface area contributed by atoms with Crippen molar-refractivity contribution in [1.29, 1.82) is 0 Å². The second-order valence-corrected chi connectivity index (χ2v) is 2.33. The molecule has 0 bridgehead atoms. The standard InChI is InChI=1S/C7H9NO4/c1-5-2-6(10)8(7(5)11)3-12-4-9/h2,4,10-11H,3H2,1H3. The van der Waals surface area contributed by atoms with Gasteiger partial charge >= 0.3 is 0 Å². The third kappa shape index (κ3) is 1.34. The summed E-state index contributed by atoms with van der Waals surface area (Å²) in [5.74, 6) is -0.235. The van der Waals surface area contributed by atoms with Crippen molar-refractivity contribution in [2.24, 2.45) is 0 Å². The molecule has 0 aliphatic rings. The Hall–Kier alpha value is -1.65. The topological polar surface area (TPSA) is 71.7 Å². The number of carbonyl (C=O) groups excluding carboxylic acids is 1. The fourth-order valence-corrected chi connectivity index (χ4v) is 0.890. The largest absolute Gasteiger partial charge is 0.494 e. The molecule has 0 amide bonds. The van der Waals surface area contributed by atoms with Gasteiger partial charge in [0.2, 0.25) is 0 Å². The first kappa shape index (κ1) is 8.45. The SMILES string of the molecule is Cc1cc(O)n(COC=O)c1O. The molecule has 2 N–H and O–H groups in total. The van der Waals surface area contributed by atoms with Crippen LogP contribution in [0.5, 0.6) is 11.8 Å². The lowest BCUT2D eigenvalue weighted by Crippen LogP contribution is -1.99. The van der Waals surface area contributed by atoms with Gasteiger partial charge in [0.15, 0.2) is 18.5 Å². The number of aromatic hydroxyl groups is 2. The summed E-state index contributed by atoms with van der Waals surface area (Å²) in [5, 5.41) is 18.4. The molecule has 0 saturated carbocycles. The van der Waals surface area contributed by atoms with Gasteiger partial charge in [0.25, 0.3) is 6.47 Å². The summed E-state index contributed by atoms with van der Waals surface area (Å²) in [6, 6.07) is 1.38. The third-order valence-corrected chi connectivity index (χ3v) is 1.50. The molecule has 0 aliphatic carbocycles. The predicted octanol–water partition coefficient (Wildman–Crippen LogP) is 0.338. The second kappa shape index (κ2) is 3.17. The van der Waals surface area contributed by atoms with Crippen molar-refractivity contribution in [3.05, 3.63) is 11.6 Å². The Morgan fingerprint density at radius 1 is 1.67 bits per heavy atom. The number of rotatable bonds is 3. The molecule has 0 unspecified atom stereocenters. The lowest BCUT2D eigenvalue weighted by molar-refractivity contribution is -0.132. The summed E-state index contributed by atoms with van der Waals surface area (Å²) >= 11 is 0. The van der Waals surface area contributed by atoms with E-state index in [1.165, 1.54) is 6.07 Å². The maximum Gasteiger partial charge on any atom is 0.294 e. The molecule has 0 fully saturated rings. The van der Waals surface area contributed by atoms with E-state index in [4.69, 9.17) is 5.11 Å². The normalized spacial score (nSPS) is 9.75. The summed E-state index contributed by atoms with van der Waals surface area (Å²) in [4.78, 5) is 9.81. The van der Waals surface area contributed by atoms with Gasteiger partial charge in [0, 0.05) is 11.6 Å². The number of carbonyl (C=O) groups is 1. The first-order valence-corrected chi connectivity index (χ1v) is 3.30. The molecule has 1 heterocycles. The molecule has 0 atom stereocenters.